The van der Waals surface area contributed by atoms with Crippen LogP contribution in [0.15, 0.2) is 0 Å². The van der Waals surface area contributed by atoms with E-state index in [-0.39, 0.29) is 23.9 Å². The summed E-state index contributed by atoms with van der Waals surface area (Å²) in [6.45, 7) is 8.73. The number of amides is 1. The van der Waals surface area contributed by atoms with E-state index in [0.29, 0.717) is 18.9 Å². The van der Waals surface area contributed by atoms with Crippen molar-refractivity contribution in [2.45, 2.75) is 65.3 Å². The molecule has 0 aromatic heterocycles. The van der Waals surface area contributed by atoms with Crippen molar-refractivity contribution in [3.63, 3.8) is 0 Å². The van der Waals surface area contributed by atoms with Gasteiger partial charge in [0.2, 0.25) is 5.91 Å². The van der Waals surface area contributed by atoms with E-state index in [1.807, 2.05) is 13.8 Å². The predicted molar refractivity (Wildman–Crippen MR) is 76.4 cm³/mol. The number of carbonyl (C=O) groups is 1. The van der Waals surface area contributed by atoms with Crippen molar-refractivity contribution in [3.05, 3.63) is 0 Å². The van der Waals surface area contributed by atoms with Crippen molar-refractivity contribution >= 4 is 18.3 Å². The highest BCUT2D eigenvalue weighted by Crippen LogP contribution is 2.16. The summed E-state index contributed by atoms with van der Waals surface area (Å²) in [4.78, 5) is 11.8. The van der Waals surface area contributed by atoms with Gasteiger partial charge in [0.1, 0.15) is 0 Å². The van der Waals surface area contributed by atoms with Gasteiger partial charge in [-0.3, -0.25) is 4.79 Å². The highest BCUT2D eigenvalue weighted by Gasteiger charge is 2.20. The van der Waals surface area contributed by atoms with E-state index in [9.17, 15) is 4.79 Å². The second kappa shape index (κ2) is 9.72. The molecule has 0 bridgehead atoms. The Kier molecular flexibility index (Phi) is 10.9. The first-order chi connectivity index (χ1) is 7.45. The van der Waals surface area contributed by atoms with E-state index < -0.39 is 0 Å². The summed E-state index contributed by atoms with van der Waals surface area (Å²) in [6, 6.07) is 0. The zero-order chi connectivity index (χ0) is 12.6. The third-order valence-corrected chi connectivity index (χ3v) is 3.01. The summed E-state index contributed by atoms with van der Waals surface area (Å²) in [7, 11) is 0. The second-order valence-corrected chi connectivity index (χ2v) is 5.26. The van der Waals surface area contributed by atoms with Crippen LogP contribution in [0.2, 0.25) is 0 Å². The Bertz CT molecular complexity index is 208. The summed E-state index contributed by atoms with van der Waals surface area (Å²) in [6.07, 6.45) is 5.29. The number of hydrogen-bond donors (Lipinski definition) is 2. The van der Waals surface area contributed by atoms with E-state index >= 15 is 0 Å². The smallest absolute Gasteiger partial charge is 0.220 e. The van der Waals surface area contributed by atoms with Crippen LogP contribution in [0.5, 0.6) is 0 Å². The van der Waals surface area contributed by atoms with Gasteiger partial charge in [0.05, 0.1) is 0 Å². The number of hydrogen-bond acceptors (Lipinski definition) is 2. The molecule has 1 amide bonds. The quantitative estimate of drug-likeness (QED) is 0.708. The number of halogens is 1. The van der Waals surface area contributed by atoms with Gasteiger partial charge in [0.15, 0.2) is 0 Å². The van der Waals surface area contributed by atoms with Crippen LogP contribution < -0.4 is 11.1 Å². The third kappa shape index (κ3) is 9.42. The molecule has 3 N–H and O–H groups in total. The van der Waals surface area contributed by atoms with Crippen LogP contribution in [0.25, 0.3) is 0 Å². The van der Waals surface area contributed by atoms with E-state index in [1.165, 1.54) is 12.8 Å². The summed E-state index contributed by atoms with van der Waals surface area (Å²) in [5, 5.41) is 2.98. The average molecular weight is 265 g/mol. The van der Waals surface area contributed by atoms with Gasteiger partial charge >= 0.3 is 0 Å². The molecular formula is C13H29ClN2O. The number of nitrogens with two attached hydrogens (primary N) is 1. The van der Waals surface area contributed by atoms with Gasteiger partial charge in [-0.15, -0.1) is 12.4 Å². The molecule has 0 heterocycles. The topological polar surface area (TPSA) is 55.1 Å². The molecule has 3 nitrogen and oxygen atoms in total. The fourth-order valence-corrected chi connectivity index (χ4v) is 1.68. The van der Waals surface area contributed by atoms with Gasteiger partial charge in [-0.2, -0.15) is 0 Å². The third-order valence-electron chi connectivity index (χ3n) is 3.01. The van der Waals surface area contributed by atoms with E-state index in [0.717, 1.165) is 12.8 Å². The standard InChI is InChI=1S/C13H28N2O.ClH/c1-5-7-8-11(6-2)9-12(16)15-13(3,4)10-14;/h11H,5-10,14H2,1-4H3,(H,15,16);1H. The Hall–Kier alpha value is -0.280. The lowest BCUT2D eigenvalue weighted by Gasteiger charge is -2.25. The first-order valence-corrected chi connectivity index (χ1v) is 6.46. The summed E-state index contributed by atoms with van der Waals surface area (Å²) < 4.78 is 0. The van der Waals surface area contributed by atoms with E-state index in [2.05, 4.69) is 19.2 Å². The van der Waals surface area contributed by atoms with Crippen molar-refractivity contribution in [1.82, 2.24) is 5.32 Å². The van der Waals surface area contributed by atoms with Crippen LogP contribution in [0.3, 0.4) is 0 Å². The first-order valence-electron chi connectivity index (χ1n) is 6.46. The molecule has 104 valence electrons. The molecule has 1 unspecified atom stereocenters. The maximum absolute atomic E-state index is 11.8. The molecule has 0 radical (unpaired) electrons. The molecule has 0 aliphatic heterocycles. The maximum Gasteiger partial charge on any atom is 0.220 e. The van der Waals surface area contributed by atoms with Crippen LogP contribution in [0, 0.1) is 5.92 Å². The van der Waals surface area contributed by atoms with E-state index in [1.54, 1.807) is 0 Å². The van der Waals surface area contributed by atoms with Crippen molar-refractivity contribution in [2.24, 2.45) is 11.7 Å². The largest absolute Gasteiger partial charge is 0.350 e. The number of unbranched alkanes of at least 4 members (excludes halogenated alkanes) is 1. The molecule has 0 aliphatic carbocycles. The Morgan fingerprint density at radius 2 is 1.94 bits per heavy atom. The van der Waals surface area contributed by atoms with Crippen LogP contribution in [-0.2, 0) is 4.79 Å². The molecule has 0 aromatic rings. The second-order valence-electron chi connectivity index (χ2n) is 5.26. The normalized spacial score (nSPS) is 12.8. The molecule has 17 heavy (non-hydrogen) atoms. The number of rotatable bonds is 8. The minimum Gasteiger partial charge on any atom is -0.350 e. The summed E-state index contributed by atoms with van der Waals surface area (Å²) >= 11 is 0. The predicted octanol–water partition coefficient (Wildman–Crippen LogP) is 2.87. The Labute approximate surface area is 112 Å². The first kappa shape index (κ1) is 19.1. The Morgan fingerprint density at radius 1 is 1.35 bits per heavy atom. The van der Waals surface area contributed by atoms with Crippen molar-refractivity contribution in [2.75, 3.05) is 6.54 Å². The minimum absolute atomic E-state index is 0. The van der Waals surface area contributed by atoms with Gasteiger partial charge in [-0.25, -0.2) is 0 Å². The van der Waals surface area contributed by atoms with Crippen LogP contribution in [0.4, 0.5) is 0 Å². The van der Waals surface area contributed by atoms with Crippen molar-refractivity contribution in [3.8, 4) is 0 Å². The molecule has 0 saturated heterocycles. The molecule has 0 aromatic carbocycles. The fraction of sp³-hybridized carbons (Fsp3) is 0.923. The Morgan fingerprint density at radius 3 is 2.35 bits per heavy atom. The highest BCUT2D eigenvalue weighted by molar-refractivity contribution is 5.85. The minimum atomic E-state index is -0.278. The lowest BCUT2D eigenvalue weighted by atomic mass is 9.95. The van der Waals surface area contributed by atoms with Gasteiger partial charge in [0, 0.05) is 18.5 Å². The van der Waals surface area contributed by atoms with Crippen LogP contribution >= 0.6 is 12.4 Å². The molecule has 0 saturated carbocycles. The van der Waals surface area contributed by atoms with Crippen molar-refractivity contribution < 1.29 is 4.79 Å². The van der Waals surface area contributed by atoms with Crippen molar-refractivity contribution in [1.29, 1.82) is 0 Å². The molecule has 0 rings (SSSR count). The van der Waals surface area contributed by atoms with Gasteiger partial charge in [0.25, 0.3) is 0 Å². The molecule has 0 fully saturated rings. The lowest BCUT2D eigenvalue weighted by Crippen LogP contribution is -2.49. The van der Waals surface area contributed by atoms with Gasteiger partial charge in [-0.05, 0) is 26.2 Å². The SMILES string of the molecule is CCCCC(CC)CC(=O)NC(C)(C)CN.Cl. The fourth-order valence-electron chi connectivity index (χ4n) is 1.68. The number of nitrogens with one attached hydrogen (secondary N) is 1. The molecular weight excluding hydrogens is 236 g/mol. The number of carbonyl (C=O) groups excluding carboxylic acids is 1. The summed E-state index contributed by atoms with van der Waals surface area (Å²) in [5.74, 6) is 0.659. The monoisotopic (exact) mass is 264 g/mol. The maximum atomic E-state index is 11.8. The summed E-state index contributed by atoms with van der Waals surface area (Å²) in [5.41, 5.74) is 5.31. The average Bonchev–Trinajstić information content (AvgIpc) is 2.23. The lowest BCUT2D eigenvalue weighted by molar-refractivity contribution is -0.123. The Balaban J connectivity index is 0. The van der Waals surface area contributed by atoms with E-state index in [4.69, 9.17) is 5.73 Å². The van der Waals surface area contributed by atoms with Gasteiger partial charge < -0.3 is 11.1 Å². The van der Waals surface area contributed by atoms with Crippen LogP contribution in [0.1, 0.15) is 59.8 Å². The highest BCUT2D eigenvalue weighted by atomic mass is 35.5. The molecule has 4 heteroatoms. The molecule has 0 spiro atoms. The van der Waals surface area contributed by atoms with Gasteiger partial charge in [-0.1, -0.05) is 33.1 Å². The van der Waals surface area contributed by atoms with Crippen LogP contribution in [-0.4, -0.2) is 18.0 Å². The molecule has 1 atom stereocenters. The zero-order valence-electron chi connectivity index (χ0n) is 11.7. The zero-order valence-corrected chi connectivity index (χ0v) is 12.5. The molecule has 0 aliphatic rings.